The van der Waals surface area contributed by atoms with Crippen LogP contribution in [-0.2, 0) is 0 Å². The Morgan fingerprint density at radius 1 is 1.42 bits per heavy atom. The van der Waals surface area contributed by atoms with Gasteiger partial charge in [-0.15, -0.1) is 0 Å². The zero-order valence-electron chi connectivity index (χ0n) is 5.97. The van der Waals surface area contributed by atoms with Crippen LogP contribution in [-0.4, -0.2) is 16.8 Å². The number of ketones is 1. The summed E-state index contributed by atoms with van der Waals surface area (Å²) in [5, 5.41) is 9.10. The summed E-state index contributed by atoms with van der Waals surface area (Å²) in [5.41, 5.74) is 1.25. The molecule has 2 rings (SSSR count). The fraction of sp³-hybridized carbons (Fsp3) is 0. The molecule has 60 valence electrons. The molecular weight excluding hydrogens is 269 g/mol. The quantitative estimate of drug-likeness (QED) is 0.662. The van der Waals surface area contributed by atoms with Crippen molar-refractivity contribution in [2.24, 2.45) is 0 Å². The van der Waals surface area contributed by atoms with Gasteiger partial charge in [0.1, 0.15) is 5.56 Å². The van der Waals surface area contributed by atoms with Crippen molar-refractivity contribution in [2.45, 2.75) is 0 Å². The van der Waals surface area contributed by atoms with Gasteiger partial charge in [-0.1, -0.05) is 6.07 Å². The lowest BCUT2D eigenvalue weighted by Gasteiger charge is -1.90. The minimum absolute atomic E-state index is 0.283. The zero-order chi connectivity index (χ0) is 8.72. The smallest absolute Gasteiger partial charge is 0.414 e. The van der Waals surface area contributed by atoms with Gasteiger partial charge in [0, 0.05) is 0 Å². The average Bonchev–Trinajstić information content (AvgIpc) is 2.32. The van der Waals surface area contributed by atoms with Crippen LogP contribution in [0.25, 0.3) is 0 Å². The molecule has 0 saturated carbocycles. The van der Waals surface area contributed by atoms with Crippen molar-refractivity contribution in [2.75, 3.05) is 0 Å². The highest BCUT2D eigenvalue weighted by atomic mass is 127. The number of hydrogen-bond donors (Lipinski definition) is 2. The Balaban J connectivity index is 2.72. The molecule has 0 atom stereocenters. The molecule has 1 aliphatic heterocycles. The molecular formula is C8H5INO2+. The van der Waals surface area contributed by atoms with Crippen LogP contribution in [0.15, 0.2) is 18.2 Å². The molecule has 1 heterocycles. The van der Waals surface area contributed by atoms with Gasteiger partial charge >= 0.3 is 11.7 Å². The van der Waals surface area contributed by atoms with E-state index in [1.165, 1.54) is 0 Å². The lowest BCUT2D eigenvalue weighted by Crippen LogP contribution is -2.65. The fourth-order valence-electron chi connectivity index (χ4n) is 1.14. The standard InChI is InChI=1S/C8H4INO2/c9-5-3-1-2-4-6(5)10-8(12)7(4)11/h1-3H,(H,10,11,12)/p+1. The normalized spacial score (nSPS) is 14.4. The first-order chi connectivity index (χ1) is 5.70. The van der Waals surface area contributed by atoms with Crippen LogP contribution in [0, 0.1) is 3.57 Å². The van der Waals surface area contributed by atoms with Crippen LogP contribution in [0.3, 0.4) is 0 Å². The van der Waals surface area contributed by atoms with Crippen molar-refractivity contribution in [1.29, 1.82) is 0 Å². The topological polar surface area (TPSA) is 51.3 Å². The van der Waals surface area contributed by atoms with E-state index in [9.17, 15) is 4.79 Å². The van der Waals surface area contributed by atoms with Crippen molar-refractivity contribution in [3.8, 4) is 0 Å². The first-order valence-electron chi connectivity index (χ1n) is 3.36. The zero-order valence-corrected chi connectivity index (χ0v) is 8.12. The Morgan fingerprint density at radius 3 is 2.83 bits per heavy atom. The number of rotatable bonds is 0. The second-order valence-corrected chi connectivity index (χ2v) is 3.63. The van der Waals surface area contributed by atoms with Crippen molar-refractivity contribution < 1.29 is 14.9 Å². The van der Waals surface area contributed by atoms with E-state index in [4.69, 9.17) is 5.11 Å². The maximum Gasteiger partial charge on any atom is 0.414 e. The van der Waals surface area contributed by atoms with Crippen LogP contribution >= 0.6 is 22.6 Å². The van der Waals surface area contributed by atoms with Gasteiger partial charge in [0.05, 0.1) is 3.57 Å². The second-order valence-electron chi connectivity index (χ2n) is 2.47. The van der Waals surface area contributed by atoms with Crippen LogP contribution in [0.2, 0.25) is 0 Å². The minimum Gasteiger partial charge on any atom is -0.457 e. The lowest BCUT2D eigenvalue weighted by atomic mass is 10.1. The number of halogens is 1. The van der Waals surface area contributed by atoms with E-state index < -0.39 is 0 Å². The van der Waals surface area contributed by atoms with Crippen molar-refractivity contribution in [1.82, 2.24) is 0 Å². The largest absolute Gasteiger partial charge is 0.457 e. The molecule has 0 radical (unpaired) electrons. The molecule has 1 aliphatic rings. The third-order valence-electron chi connectivity index (χ3n) is 1.72. The van der Waals surface area contributed by atoms with Gasteiger partial charge in [0.25, 0.3) is 0 Å². The minimum atomic E-state index is -0.330. The summed E-state index contributed by atoms with van der Waals surface area (Å²) < 4.78 is 0.933. The number of aliphatic hydroxyl groups is 1. The third-order valence-corrected chi connectivity index (χ3v) is 2.62. The Labute approximate surface area is 82.3 Å². The van der Waals surface area contributed by atoms with Crippen molar-refractivity contribution in [3.05, 3.63) is 27.3 Å². The average molecular weight is 274 g/mol. The predicted octanol–water partition coefficient (Wildman–Crippen LogP) is 0.156. The number of fused-ring (bicyclic) bond motifs is 1. The molecule has 0 fully saturated rings. The van der Waals surface area contributed by atoms with Gasteiger partial charge in [-0.25, -0.2) is 0 Å². The molecule has 0 spiro atoms. The molecule has 0 saturated heterocycles. The molecule has 0 bridgehead atoms. The number of aliphatic hydroxyl groups excluding tert-OH is 1. The highest BCUT2D eigenvalue weighted by molar-refractivity contribution is 14.1. The Kier molecular flexibility index (Phi) is 1.64. The molecule has 3 nitrogen and oxygen atoms in total. The molecule has 0 aliphatic carbocycles. The first-order valence-corrected chi connectivity index (χ1v) is 4.44. The van der Waals surface area contributed by atoms with Gasteiger partial charge < -0.3 is 5.11 Å². The van der Waals surface area contributed by atoms with Gasteiger partial charge in [0.15, 0.2) is 0 Å². The fourth-order valence-corrected chi connectivity index (χ4v) is 1.78. The molecule has 12 heavy (non-hydrogen) atoms. The van der Waals surface area contributed by atoms with Crippen LogP contribution in [0.5, 0.6) is 0 Å². The van der Waals surface area contributed by atoms with Gasteiger partial charge in [0.2, 0.25) is 5.69 Å². The van der Waals surface area contributed by atoms with Gasteiger partial charge in [-0.2, -0.15) is 4.99 Å². The Morgan fingerprint density at radius 2 is 2.17 bits per heavy atom. The lowest BCUT2D eigenvalue weighted by molar-refractivity contribution is -0.360. The van der Waals surface area contributed by atoms with Crippen LogP contribution in [0.4, 0.5) is 5.69 Å². The highest BCUT2D eigenvalue weighted by Gasteiger charge is 2.32. The van der Waals surface area contributed by atoms with Gasteiger partial charge in [-0.3, -0.25) is 4.79 Å². The summed E-state index contributed by atoms with van der Waals surface area (Å²) in [6.07, 6.45) is 0. The van der Waals surface area contributed by atoms with Crippen LogP contribution in [0.1, 0.15) is 10.4 Å². The molecule has 0 amide bonds. The number of para-hydroxylation sites is 1. The summed E-state index contributed by atoms with van der Waals surface area (Å²) in [6, 6.07) is 5.35. The van der Waals surface area contributed by atoms with Crippen molar-refractivity contribution >= 4 is 40.0 Å². The van der Waals surface area contributed by atoms with E-state index in [-0.39, 0.29) is 11.7 Å². The summed E-state index contributed by atoms with van der Waals surface area (Å²) >= 11 is 2.11. The van der Waals surface area contributed by atoms with E-state index in [1.807, 2.05) is 6.07 Å². The number of benzene rings is 1. The number of carbonyl (C=O) groups excluding carboxylic acids is 1. The Bertz CT molecular complexity index is 398. The summed E-state index contributed by atoms with van der Waals surface area (Å²) in [4.78, 5) is 13.8. The maximum atomic E-state index is 11.2. The van der Waals surface area contributed by atoms with E-state index in [1.54, 1.807) is 12.1 Å². The second kappa shape index (κ2) is 2.55. The maximum absolute atomic E-state index is 11.2. The van der Waals surface area contributed by atoms with Crippen LogP contribution < -0.4 is 4.99 Å². The predicted molar refractivity (Wildman–Crippen MR) is 51.7 cm³/mol. The van der Waals surface area contributed by atoms with E-state index in [0.717, 1.165) is 3.57 Å². The van der Waals surface area contributed by atoms with E-state index in [0.29, 0.717) is 11.3 Å². The first kappa shape index (κ1) is 7.72. The number of hydrogen-bond acceptors (Lipinski definition) is 1. The summed E-state index contributed by atoms with van der Waals surface area (Å²) in [6.45, 7) is 0. The molecule has 4 heteroatoms. The molecule has 1 aromatic rings. The number of nitrogens with one attached hydrogen (secondary N) is 1. The summed E-state index contributed by atoms with van der Waals surface area (Å²) in [7, 11) is 0. The third kappa shape index (κ3) is 0.945. The SMILES string of the molecule is O=C1C(O)=[NH+]c2c(I)cccc21. The molecule has 2 N–H and O–H groups in total. The molecule has 0 unspecified atom stereocenters. The monoisotopic (exact) mass is 274 g/mol. The van der Waals surface area contributed by atoms with E-state index in [2.05, 4.69) is 27.6 Å². The summed E-state index contributed by atoms with van der Waals surface area (Å²) in [5.74, 6) is -0.613. The number of Topliss-reactive ketones (excluding diaryl/α,β-unsaturated/α-hetero) is 1. The molecule has 0 aromatic heterocycles. The number of carbonyl (C=O) groups is 1. The molecule has 1 aromatic carbocycles. The highest BCUT2D eigenvalue weighted by Crippen LogP contribution is 2.20. The Hall–Kier alpha value is -0.910. The van der Waals surface area contributed by atoms with Crippen molar-refractivity contribution in [3.63, 3.8) is 0 Å². The van der Waals surface area contributed by atoms with E-state index >= 15 is 0 Å². The van der Waals surface area contributed by atoms with Gasteiger partial charge in [-0.05, 0) is 34.7 Å².